The first kappa shape index (κ1) is 11.7. The molecule has 0 unspecified atom stereocenters. The molecular formula is C9H11ClN6O. The fourth-order valence-corrected chi connectivity index (χ4v) is 1.33. The Hall–Kier alpha value is -1.73. The van der Waals surface area contributed by atoms with Gasteiger partial charge in [-0.15, -0.1) is 0 Å². The van der Waals surface area contributed by atoms with Crippen LogP contribution in [0.5, 0.6) is 0 Å². The lowest BCUT2D eigenvalue weighted by molar-refractivity contribution is 0.210. The summed E-state index contributed by atoms with van der Waals surface area (Å²) in [4.78, 5) is 12.1. The maximum atomic E-state index is 5.81. The second-order valence-electron chi connectivity index (χ2n) is 3.10. The van der Waals surface area contributed by atoms with Crippen LogP contribution in [0, 0.1) is 0 Å². The summed E-state index contributed by atoms with van der Waals surface area (Å²) in [7, 11) is 1.62. The Balaban J connectivity index is 2.18. The third-order valence-electron chi connectivity index (χ3n) is 1.89. The van der Waals surface area contributed by atoms with Crippen molar-refractivity contribution in [2.24, 2.45) is 0 Å². The summed E-state index contributed by atoms with van der Waals surface area (Å²) in [5.74, 6) is 0.766. The van der Waals surface area contributed by atoms with E-state index in [1.165, 1.54) is 4.68 Å². The highest BCUT2D eigenvalue weighted by Crippen LogP contribution is 2.08. The van der Waals surface area contributed by atoms with Gasteiger partial charge in [0.05, 0.1) is 6.61 Å². The number of nitrogens with zero attached hydrogens (tertiary/aromatic N) is 5. The molecule has 0 aliphatic rings. The van der Waals surface area contributed by atoms with Gasteiger partial charge in [-0.05, 0) is 17.7 Å². The summed E-state index contributed by atoms with van der Waals surface area (Å²) in [6.07, 6.45) is 3.36. The van der Waals surface area contributed by atoms with Crippen molar-refractivity contribution in [3.05, 3.63) is 23.7 Å². The molecule has 0 radical (unpaired) electrons. The van der Waals surface area contributed by atoms with Gasteiger partial charge >= 0.3 is 0 Å². The summed E-state index contributed by atoms with van der Waals surface area (Å²) < 4.78 is 6.42. The van der Waals surface area contributed by atoms with E-state index in [9.17, 15) is 0 Å². The monoisotopic (exact) mass is 254 g/mol. The van der Waals surface area contributed by atoms with Crippen LogP contribution in [-0.4, -0.2) is 45.0 Å². The summed E-state index contributed by atoms with van der Waals surface area (Å²) in [5.41, 5.74) is 0. The normalized spacial score (nSPS) is 10.5. The number of ether oxygens (including phenoxy) is 1. The number of methoxy groups -OCH3 is 1. The third kappa shape index (κ3) is 3.11. The van der Waals surface area contributed by atoms with E-state index < -0.39 is 0 Å². The topological polar surface area (TPSA) is 77.8 Å². The van der Waals surface area contributed by atoms with Gasteiger partial charge in [-0.25, -0.2) is 4.68 Å². The molecule has 7 nitrogen and oxygen atoms in total. The molecule has 2 aromatic rings. The largest absolute Gasteiger partial charge is 0.383 e. The van der Waals surface area contributed by atoms with Crippen LogP contribution in [0.2, 0.25) is 5.28 Å². The minimum Gasteiger partial charge on any atom is -0.383 e. The molecule has 1 N–H and O–H groups in total. The number of aromatic nitrogens is 5. The molecule has 0 aliphatic carbocycles. The van der Waals surface area contributed by atoms with Crippen LogP contribution in [0.1, 0.15) is 0 Å². The molecule has 0 saturated carbocycles. The molecule has 0 spiro atoms. The number of hydrogen-bond acceptors (Lipinski definition) is 6. The molecule has 2 aromatic heterocycles. The molecule has 0 aliphatic heterocycles. The molecular weight excluding hydrogens is 244 g/mol. The van der Waals surface area contributed by atoms with Crippen molar-refractivity contribution < 1.29 is 4.74 Å². The number of hydrogen-bond donors (Lipinski definition) is 1. The highest BCUT2D eigenvalue weighted by molar-refractivity contribution is 6.28. The molecule has 2 heterocycles. The number of halogens is 1. The summed E-state index contributed by atoms with van der Waals surface area (Å²) in [6, 6.07) is 1.77. The molecule has 0 aromatic carbocycles. The minimum atomic E-state index is 0.116. The van der Waals surface area contributed by atoms with Crippen molar-refractivity contribution in [3.63, 3.8) is 0 Å². The highest BCUT2D eigenvalue weighted by Gasteiger charge is 2.06. The zero-order valence-corrected chi connectivity index (χ0v) is 9.92. The van der Waals surface area contributed by atoms with E-state index in [1.807, 2.05) is 0 Å². The molecule has 8 heteroatoms. The van der Waals surface area contributed by atoms with E-state index in [0.717, 1.165) is 0 Å². The lowest BCUT2D eigenvalue weighted by Gasteiger charge is -2.05. The van der Waals surface area contributed by atoms with Crippen LogP contribution < -0.4 is 5.32 Å². The predicted octanol–water partition coefficient (Wildman–Crippen LogP) is 0.769. The average Bonchev–Trinajstić information content (AvgIpc) is 2.82. The Labute approximate surface area is 103 Å². The summed E-state index contributed by atoms with van der Waals surface area (Å²) >= 11 is 5.81. The van der Waals surface area contributed by atoms with Gasteiger partial charge in [-0.1, -0.05) is 0 Å². The van der Waals surface area contributed by atoms with Gasteiger partial charge in [-0.2, -0.15) is 20.1 Å². The van der Waals surface area contributed by atoms with Gasteiger partial charge in [-0.3, -0.25) is 0 Å². The molecule has 0 atom stereocenters. The van der Waals surface area contributed by atoms with Gasteiger partial charge in [0.1, 0.15) is 0 Å². The average molecular weight is 255 g/mol. The van der Waals surface area contributed by atoms with Crippen molar-refractivity contribution >= 4 is 17.5 Å². The van der Waals surface area contributed by atoms with Crippen LogP contribution >= 0.6 is 11.6 Å². The van der Waals surface area contributed by atoms with E-state index >= 15 is 0 Å². The third-order valence-corrected chi connectivity index (χ3v) is 2.06. The molecule has 0 fully saturated rings. The SMILES string of the molecule is COCCNc1nc(Cl)nc(-n2cccn2)n1. The summed E-state index contributed by atoms with van der Waals surface area (Å²) in [5, 5.41) is 7.11. The van der Waals surface area contributed by atoms with E-state index in [-0.39, 0.29) is 5.28 Å². The Morgan fingerprint density at radius 3 is 3.00 bits per heavy atom. The van der Waals surface area contributed by atoms with Crippen molar-refractivity contribution in [1.82, 2.24) is 24.7 Å². The van der Waals surface area contributed by atoms with Gasteiger partial charge < -0.3 is 10.1 Å². The fourth-order valence-electron chi connectivity index (χ4n) is 1.17. The number of nitrogens with one attached hydrogen (secondary N) is 1. The van der Waals surface area contributed by atoms with Gasteiger partial charge in [0.2, 0.25) is 11.2 Å². The van der Waals surface area contributed by atoms with Crippen LogP contribution in [0.4, 0.5) is 5.95 Å². The first-order valence-corrected chi connectivity index (χ1v) is 5.32. The maximum absolute atomic E-state index is 5.81. The van der Waals surface area contributed by atoms with Crippen LogP contribution in [-0.2, 0) is 4.74 Å². The van der Waals surface area contributed by atoms with Gasteiger partial charge in [0.25, 0.3) is 5.95 Å². The molecule has 0 amide bonds. The fraction of sp³-hybridized carbons (Fsp3) is 0.333. The first-order valence-electron chi connectivity index (χ1n) is 4.94. The van der Waals surface area contributed by atoms with Crippen molar-refractivity contribution in [2.75, 3.05) is 25.6 Å². The van der Waals surface area contributed by atoms with E-state index in [4.69, 9.17) is 16.3 Å². The minimum absolute atomic E-state index is 0.116. The highest BCUT2D eigenvalue weighted by atomic mass is 35.5. The Morgan fingerprint density at radius 1 is 1.41 bits per heavy atom. The number of rotatable bonds is 5. The van der Waals surface area contributed by atoms with Gasteiger partial charge in [0.15, 0.2) is 0 Å². The van der Waals surface area contributed by atoms with E-state index in [0.29, 0.717) is 25.0 Å². The lowest BCUT2D eigenvalue weighted by Crippen LogP contribution is -2.13. The van der Waals surface area contributed by atoms with Crippen LogP contribution in [0.25, 0.3) is 5.95 Å². The molecule has 17 heavy (non-hydrogen) atoms. The van der Waals surface area contributed by atoms with E-state index in [2.05, 4.69) is 25.4 Å². The van der Waals surface area contributed by atoms with Crippen molar-refractivity contribution in [3.8, 4) is 5.95 Å². The van der Waals surface area contributed by atoms with Gasteiger partial charge in [0, 0.05) is 26.0 Å². The maximum Gasteiger partial charge on any atom is 0.256 e. The van der Waals surface area contributed by atoms with Crippen LogP contribution in [0.3, 0.4) is 0 Å². The smallest absolute Gasteiger partial charge is 0.256 e. The Bertz CT molecular complexity index is 474. The molecule has 0 bridgehead atoms. The molecule has 90 valence electrons. The zero-order chi connectivity index (χ0) is 12.1. The molecule has 2 rings (SSSR count). The lowest BCUT2D eigenvalue weighted by atomic mass is 10.7. The Morgan fingerprint density at radius 2 is 2.29 bits per heavy atom. The van der Waals surface area contributed by atoms with Crippen LogP contribution in [0.15, 0.2) is 18.5 Å². The summed E-state index contributed by atoms with van der Waals surface area (Å²) in [6.45, 7) is 1.15. The standard InChI is InChI=1S/C9H11ClN6O/c1-17-6-4-11-8-13-7(10)14-9(15-8)16-5-2-3-12-16/h2-3,5H,4,6H2,1H3,(H,11,13,14,15). The predicted molar refractivity (Wildman–Crippen MR) is 62.3 cm³/mol. The quantitative estimate of drug-likeness (QED) is 0.794. The second kappa shape index (κ2) is 5.55. The van der Waals surface area contributed by atoms with E-state index in [1.54, 1.807) is 25.6 Å². The second-order valence-corrected chi connectivity index (χ2v) is 3.44. The molecule has 0 saturated heterocycles. The van der Waals surface area contributed by atoms with Crippen molar-refractivity contribution in [1.29, 1.82) is 0 Å². The first-order chi connectivity index (χ1) is 8.29. The zero-order valence-electron chi connectivity index (χ0n) is 9.17. The number of anilines is 1. The Kier molecular flexibility index (Phi) is 3.84. The van der Waals surface area contributed by atoms with Crippen molar-refractivity contribution in [2.45, 2.75) is 0 Å².